The number of nitrogens with zero attached hydrogens (tertiary/aromatic N) is 3. The summed E-state index contributed by atoms with van der Waals surface area (Å²) < 4.78 is 2.14. The molecular weight excluding hydrogens is 306 g/mol. The normalized spacial score (nSPS) is 11.8. The molecule has 0 saturated heterocycles. The van der Waals surface area contributed by atoms with Crippen LogP contribution >= 0.6 is 0 Å². The van der Waals surface area contributed by atoms with Gasteiger partial charge in [-0.25, -0.2) is 0 Å². The molecule has 0 aliphatic heterocycles. The Labute approximate surface area is 151 Å². The monoisotopic (exact) mass is 335 g/mol. The van der Waals surface area contributed by atoms with Gasteiger partial charge in [-0.2, -0.15) is 0 Å². The third-order valence-corrected chi connectivity index (χ3v) is 4.53. The van der Waals surface area contributed by atoms with Crippen LogP contribution in [-0.2, 0) is 0 Å². The van der Waals surface area contributed by atoms with Crippen LogP contribution < -0.4 is 0 Å². The van der Waals surface area contributed by atoms with Gasteiger partial charge in [0.15, 0.2) is 5.82 Å². The third-order valence-electron chi connectivity index (χ3n) is 4.53. The van der Waals surface area contributed by atoms with E-state index in [4.69, 9.17) is 0 Å². The molecule has 1 aromatic heterocycles. The van der Waals surface area contributed by atoms with Crippen molar-refractivity contribution in [3.63, 3.8) is 0 Å². The summed E-state index contributed by atoms with van der Waals surface area (Å²) in [6.45, 7) is 18.8. The topological polar surface area (TPSA) is 30.7 Å². The van der Waals surface area contributed by atoms with Crippen LogP contribution in [0.4, 0.5) is 0 Å². The number of rotatable bonds is 5. The number of hydrogen-bond acceptors (Lipinski definition) is 2. The second kappa shape index (κ2) is 7.64. The molecule has 0 atom stereocenters. The van der Waals surface area contributed by atoms with Crippen LogP contribution in [0.2, 0.25) is 0 Å². The minimum absolute atomic E-state index is 0.472. The van der Waals surface area contributed by atoms with E-state index in [9.17, 15) is 0 Å². The summed E-state index contributed by atoms with van der Waals surface area (Å²) >= 11 is 0. The Bertz CT molecular complexity index is 844. The summed E-state index contributed by atoms with van der Waals surface area (Å²) in [5, 5.41) is 8.88. The van der Waals surface area contributed by atoms with Crippen molar-refractivity contribution in [3.05, 3.63) is 65.0 Å². The fourth-order valence-electron chi connectivity index (χ4n) is 3.03. The molecule has 0 N–H and O–H groups in total. The van der Waals surface area contributed by atoms with E-state index >= 15 is 0 Å². The SMILES string of the molecule is C=CC(=C(C)C)/C(=C\C)n1c(C)nnc1-c1cc(C(C)C)ccc1C. The quantitative estimate of drug-likeness (QED) is 0.621. The lowest BCUT2D eigenvalue weighted by atomic mass is 9.97. The highest BCUT2D eigenvalue weighted by Gasteiger charge is 2.18. The highest BCUT2D eigenvalue weighted by Crippen LogP contribution is 2.31. The maximum absolute atomic E-state index is 4.51. The van der Waals surface area contributed by atoms with Crippen molar-refractivity contribution in [2.24, 2.45) is 0 Å². The van der Waals surface area contributed by atoms with Crippen molar-refractivity contribution in [3.8, 4) is 11.4 Å². The number of allylic oxidation sites excluding steroid dienone is 5. The Kier molecular flexibility index (Phi) is 5.78. The summed E-state index contributed by atoms with van der Waals surface area (Å²) in [7, 11) is 0. The van der Waals surface area contributed by atoms with Gasteiger partial charge in [0.2, 0.25) is 0 Å². The van der Waals surface area contributed by atoms with Gasteiger partial charge in [-0.05, 0) is 63.3 Å². The van der Waals surface area contributed by atoms with Crippen LogP contribution in [0.25, 0.3) is 17.1 Å². The largest absolute Gasteiger partial charge is 0.279 e. The minimum Gasteiger partial charge on any atom is -0.279 e. The molecule has 1 heterocycles. The average Bonchev–Trinajstić information content (AvgIpc) is 2.93. The molecule has 0 aliphatic rings. The first-order valence-electron chi connectivity index (χ1n) is 8.81. The molecule has 0 aliphatic carbocycles. The predicted octanol–water partition coefficient (Wildman–Crippen LogP) is 6.07. The highest BCUT2D eigenvalue weighted by molar-refractivity contribution is 5.75. The van der Waals surface area contributed by atoms with Gasteiger partial charge in [-0.1, -0.05) is 50.3 Å². The summed E-state index contributed by atoms with van der Waals surface area (Å²) in [5.74, 6) is 2.23. The molecule has 132 valence electrons. The second-order valence-electron chi connectivity index (χ2n) is 6.93. The molecule has 0 fully saturated rings. The van der Waals surface area contributed by atoms with Crippen molar-refractivity contribution in [2.75, 3.05) is 0 Å². The maximum atomic E-state index is 4.51. The summed E-state index contributed by atoms with van der Waals surface area (Å²) in [5.41, 5.74) is 7.04. The van der Waals surface area contributed by atoms with Crippen LogP contribution in [0.15, 0.2) is 48.1 Å². The Morgan fingerprint density at radius 3 is 2.36 bits per heavy atom. The molecular formula is C22H29N3. The lowest BCUT2D eigenvalue weighted by molar-refractivity contribution is 0.865. The molecule has 3 nitrogen and oxygen atoms in total. The van der Waals surface area contributed by atoms with Crippen LogP contribution in [0.1, 0.15) is 57.5 Å². The summed E-state index contributed by atoms with van der Waals surface area (Å²) in [6, 6.07) is 6.60. The first-order chi connectivity index (χ1) is 11.8. The smallest absolute Gasteiger partial charge is 0.168 e. The van der Waals surface area contributed by atoms with E-state index in [1.165, 1.54) is 16.7 Å². The Hall–Kier alpha value is -2.42. The Morgan fingerprint density at radius 2 is 1.84 bits per heavy atom. The summed E-state index contributed by atoms with van der Waals surface area (Å²) in [4.78, 5) is 0. The van der Waals surface area contributed by atoms with Crippen molar-refractivity contribution >= 4 is 5.70 Å². The number of aromatic nitrogens is 3. The summed E-state index contributed by atoms with van der Waals surface area (Å²) in [6.07, 6.45) is 4.01. The van der Waals surface area contributed by atoms with Crippen molar-refractivity contribution in [1.29, 1.82) is 0 Å². The Balaban J connectivity index is 2.75. The van der Waals surface area contributed by atoms with Crippen LogP contribution in [0.5, 0.6) is 0 Å². The lowest BCUT2D eigenvalue weighted by Gasteiger charge is -2.17. The first kappa shape index (κ1) is 18.9. The molecule has 0 bridgehead atoms. The molecule has 25 heavy (non-hydrogen) atoms. The molecule has 3 heteroatoms. The molecule has 2 aromatic rings. The molecule has 1 aromatic carbocycles. The molecule has 2 rings (SSSR count). The molecule has 0 unspecified atom stereocenters. The fraction of sp³-hybridized carbons (Fsp3) is 0.364. The average molecular weight is 335 g/mol. The van der Waals surface area contributed by atoms with Crippen molar-refractivity contribution < 1.29 is 0 Å². The van der Waals surface area contributed by atoms with E-state index in [0.717, 1.165) is 28.5 Å². The molecule has 0 radical (unpaired) electrons. The van der Waals surface area contributed by atoms with Gasteiger partial charge < -0.3 is 0 Å². The van der Waals surface area contributed by atoms with Gasteiger partial charge in [0, 0.05) is 5.56 Å². The van der Waals surface area contributed by atoms with Gasteiger partial charge in [0.05, 0.1) is 5.70 Å². The molecule has 0 amide bonds. The molecule has 0 saturated carbocycles. The van der Waals surface area contributed by atoms with Crippen LogP contribution in [-0.4, -0.2) is 14.8 Å². The van der Waals surface area contributed by atoms with E-state index in [-0.39, 0.29) is 0 Å². The van der Waals surface area contributed by atoms with Crippen LogP contribution in [0, 0.1) is 13.8 Å². The third kappa shape index (κ3) is 3.65. The van der Waals surface area contributed by atoms with Gasteiger partial charge in [-0.15, -0.1) is 10.2 Å². The van der Waals surface area contributed by atoms with E-state index in [1.807, 2.05) is 19.9 Å². The van der Waals surface area contributed by atoms with Crippen LogP contribution in [0.3, 0.4) is 0 Å². The van der Waals surface area contributed by atoms with Gasteiger partial charge >= 0.3 is 0 Å². The van der Waals surface area contributed by atoms with Gasteiger partial charge in [0.25, 0.3) is 0 Å². The van der Waals surface area contributed by atoms with E-state index < -0.39 is 0 Å². The standard InChI is InChI=1S/C22H29N3/c1-9-19(15(5)6)21(10-2)25-17(8)23-24-22(25)20-13-18(14(3)4)12-11-16(20)7/h9-14H,1H2,2-8H3/b21-10+. The zero-order valence-electron chi connectivity index (χ0n) is 16.5. The van der Waals surface area contributed by atoms with E-state index in [1.54, 1.807) is 0 Å². The Morgan fingerprint density at radius 1 is 1.16 bits per heavy atom. The maximum Gasteiger partial charge on any atom is 0.168 e. The fourth-order valence-corrected chi connectivity index (χ4v) is 3.03. The van der Waals surface area contributed by atoms with Gasteiger partial charge in [0.1, 0.15) is 5.82 Å². The first-order valence-corrected chi connectivity index (χ1v) is 8.81. The van der Waals surface area contributed by atoms with Crippen molar-refractivity contribution in [2.45, 2.75) is 54.4 Å². The number of aryl methyl sites for hydroxylation is 2. The van der Waals surface area contributed by atoms with E-state index in [2.05, 4.69) is 80.2 Å². The second-order valence-corrected chi connectivity index (χ2v) is 6.93. The molecule has 0 spiro atoms. The zero-order chi connectivity index (χ0) is 18.7. The number of benzene rings is 1. The number of hydrogen-bond donors (Lipinski definition) is 0. The lowest BCUT2D eigenvalue weighted by Crippen LogP contribution is -2.06. The van der Waals surface area contributed by atoms with Crippen molar-refractivity contribution in [1.82, 2.24) is 14.8 Å². The predicted molar refractivity (Wildman–Crippen MR) is 108 cm³/mol. The highest BCUT2D eigenvalue weighted by atomic mass is 15.3. The van der Waals surface area contributed by atoms with Gasteiger partial charge in [-0.3, -0.25) is 4.57 Å². The minimum atomic E-state index is 0.472. The zero-order valence-corrected chi connectivity index (χ0v) is 16.5. The van der Waals surface area contributed by atoms with E-state index in [0.29, 0.717) is 5.92 Å².